The summed E-state index contributed by atoms with van der Waals surface area (Å²) in [6, 6.07) is 8.74. The summed E-state index contributed by atoms with van der Waals surface area (Å²) in [6.45, 7) is 3.43. The fourth-order valence-corrected chi connectivity index (χ4v) is 4.61. The molecule has 8 nitrogen and oxygen atoms in total. The number of rotatable bonds is 4. The number of hydrogen-bond donors (Lipinski definition) is 2. The smallest absolute Gasteiger partial charge is 0.255 e. The van der Waals surface area contributed by atoms with Gasteiger partial charge in [-0.05, 0) is 49.7 Å². The monoisotopic (exact) mass is 504 g/mol. The van der Waals surface area contributed by atoms with E-state index in [4.69, 9.17) is 10.2 Å². The van der Waals surface area contributed by atoms with Gasteiger partial charge in [0.15, 0.2) is 11.6 Å². The Morgan fingerprint density at radius 1 is 1.05 bits per heavy atom. The lowest BCUT2D eigenvalue weighted by Crippen LogP contribution is -2.27. The Bertz CT molecular complexity index is 1730. The van der Waals surface area contributed by atoms with Gasteiger partial charge < -0.3 is 15.5 Å². The minimum Gasteiger partial charge on any atom is -0.472 e. The lowest BCUT2D eigenvalue weighted by atomic mass is 9.87. The molecule has 186 valence electrons. The molecule has 0 atom stereocenters. The molecule has 5 aromatic rings. The van der Waals surface area contributed by atoms with Gasteiger partial charge in [0.1, 0.15) is 17.5 Å². The second-order valence-electron chi connectivity index (χ2n) is 9.31. The molecule has 1 amide bonds. The summed E-state index contributed by atoms with van der Waals surface area (Å²) in [5.74, 6) is -3.18. The molecule has 11 heteroatoms. The molecule has 2 aromatic carbocycles. The molecule has 6 rings (SSSR count). The van der Waals surface area contributed by atoms with Gasteiger partial charge in [0.05, 0.1) is 34.7 Å². The number of amides is 1. The van der Waals surface area contributed by atoms with Crippen molar-refractivity contribution in [3.63, 3.8) is 0 Å². The van der Waals surface area contributed by atoms with Crippen molar-refractivity contribution in [2.45, 2.75) is 25.7 Å². The number of nitrogens with two attached hydrogens (primary N) is 1. The number of halogens is 3. The van der Waals surface area contributed by atoms with E-state index in [9.17, 15) is 18.0 Å². The van der Waals surface area contributed by atoms with E-state index >= 15 is 0 Å². The van der Waals surface area contributed by atoms with Crippen LogP contribution in [0.1, 0.15) is 30.7 Å². The van der Waals surface area contributed by atoms with Gasteiger partial charge in [0, 0.05) is 22.9 Å². The average molecular weight is 504 g/mol. The maximum Gasteiger partial charge on any atom is 0.255 e. The third kappa shape index (κ3) is 3.45. The van der Waals surface area contributed by atoms with Crippen molar-refractivity contribution >= 4 is 28.4 Å². The Balaban J connectivity index is 1.56. The quantitative estimate of drug-likeness (QED) is 0.337. The number of carbonyl (C=O) groups is 1. The van der Waals surface area contributed by atoms with Gasteiger partial charge in [-0.15, -0.1) is 0 Å². The molecule has 0 spiro atoms. The fourth-order valence-electron chi connectivity index (χ4n) is 4.61. The van der Waals surface area contributed by atoms with Crippen LogP contribution in [0.25, 0.3) is 28.0 Å². The van der Waals surface area contributed by atoms with Crippen molar-refractivity contribution in [2.75, 3.05) is 11.1 Å². The maximum absolute atomic E-state index is 14.5. The summed E-state index contributed by atoms with van der Waals surface area (Å²) in [6.07, 6.45) is 2.75. The summed E-state index contributed by atoms with van der Waals surface area (Å²) < 4.78 is 49.6. The van der Waals surface area contributed by atoms with Crippen molar-refractivity contribution in [3.05, 3.63) is 83.2 Å². The number of nitrogens with zero attached hydrogens (tertiary/aromatic N) is 4. The minimum absolute atomic E-state index is 0.0572. The molecule has 0 saturated heterocycles. The topological polar surface area (TPSA) is 112 Å². The van der Waals surface area contributed by atoms with Crippen LogP contribution in [0.15, 0.2) is 53.3 Å². The molecular weight excluding hydrogens is 485 g/mol. The lowest BCUT2D eigenvalue weighted by Gasteiger charge is -2.16. The molecule has 37 heavy (non-hydrogen) atoms. The predicted molar refractivity (Wildman–Crippen MR) is 130 cm³/mol. The first-order valence-corrected chi connectivity index (χ1v) is 11.3. The summed E-state index contributed by atoms with van der Waals surface area (Å²) in [5, 5.41) is 7.81. The van der Waals surface area contributed by atoms with Crippen LogP contribution >= 0.6 is 0 Å². The number of anilines is 2. The number of hydrogen-bond acceptors (Lipinski definition) is 6. The second-order valence-corrected chi connectivity index (χ2v) is 9.31. The van der Waals surface area contributed by atoms with Gasteiger partial charge in [-0.1, -0.05) is 6.07 Å². The van der Waals surface area contributed by atoms with Crippen LogP contribution in [0.2, 0.25) is 0 Å². The molecule has 1 aliphatic rings. The van der Waals surface area contributed by atoms with Crippen LogP contribution in [-0.4, -0.2) is 25.7 Å². The number of carbonyl (C=O) groups excluding carboxylic acids is 1. The molecule has 3 N–H and O–H groups in total. The summed E-state index contributed by atoms with van der Waals surface area (Å²) >= 11 is 0. The Morgan fingerprint density at radius 2 is 1.84 bits per heavy atom. The Morgan fingerprint density at radius 3 is 2.59 bits per heavy atom. The third-order valence-electron chi connectivity index (χ3n) is 6.63. The largest absolute Gasteiger partial charge is 0.472 e. The lowest BCUT2D eigenvalue weighted by molar-refractivity contribution is -0.119. The third-order valence-corrected chi connectivity index (χ3v) is 6.63. The first kappa shape index (κ1) is 22.8. The van der Waals surface area contributed by atoms with E-state index in [2.05, 4.69) is 20.4 Å². The Hall–Kier alpha value is -4.67. The minimum atomic E-state index is -1.28. The summed E-state index contributed by atoms with van der Waals surface area (Å²) in [7, 11) is 0. The van der Waals surface area contributed by atoms with Crippen molar-refractivity contribution in [3.8, 4) is 17.1 Å². The molecule has 0 unspecified atom stereocenters. The van der Waals surface area contributed by atoms with E-state index in [0.29, 0.717) is 16.5 Å². The number of nitrogen functional groups attached to an aromatic ring is 1. The van der Waals surface area contributed by atoms with Crippen LogP contribution in [0.4, 0.5) is 24.8 Å². The number of aromatic nitrogens is 4. The zero-order chi connectivity index (χ0) is 26.1. The van der Waals surface area contributed by atoms with Gasteiger partial charge in [0.2, 0.25) is 5.91 Å². The Labute approximate surface area is 207 Å². The van der Waals surface area contributed by atoms with E-state index in [1.165, 1.54) is 10.9 Å². The number of benzene rings is 2. The van der Waals surface area contributed by atoms with Crippen LogP contribution < -0.4 is 11.1 Å². The molecule has 1 aliphatic heterocycles. The maximum atomic E-state index is 14.5. The molecule has 4 heterocycles. The van der Waals surface area contributed by atoms with E-state index < -0.39 is 28.4 Å². The highest BCUT2D eigenvalue weighted by Crippen LogP contribution is 2.40. The first-order valence-electron chi connectivity index (χ1n) is 11.3. The van der Waals surface area contributed by atoms with Crippen LogP contribution in [0.5, 0.6) is 0 Å². The highest BCUT2D eigenvalue weighted by molar-refractivity contribution is 6.06. The SMILES string of the molecule is CC1(C)C(=O)Nc2nc(-n3nc(Cc4c(F)ccc(F)c4F)c4cc(-c5ccoc5)ccc43)nc(N)c21. The molecule has 0 fully saturated rings. The van der Waals surface area contributed by atoms with Crippen LogP contribution in [-0.2, 0) is 16.6 Å². The standard InChI is InChI=1S/C26H19F3N6O2/c1-26(2)20-22(30)31-25(33-23(20)32-24(26)36)35-19-6-3-12(13-7-8-37-11-13)9-15(19)18(34-35)10-14-16(27)4-5-17(28)21(14)29/h3-9,11H,10H2,1-2H3,(H3,30,31,32,33,36). The van der Waals surface area contributed by atoms with Gasteiger partial charge in [-0.25, -0.2) is 13.2 Å². The average Bonchev–Trinajstić information content (AvgIpc) is 3.57. The number of fused-ring (bicyclic) bond motifs is 2. The van der Waals surface area contributed by atoms with Crippen LogP contribution in [0.3, 0.4) is 0 Å². The number of nitrogens with one attached hydrogen (secondary N) is 1. The van der Waals surface area contributed by atoms with Crippen molar-refractivity contribution in [2.24, 2.45) is 0 Å². The van der Waals surface area contributed by atoms with E-state index in [1.807, 2.05) is 6.07 Å². The Kier molecular flexibility index (Phi) is 4.87. The van der Waals surface area contributed by atoms with Crippen LogP contribution in [0, 0.1) is 17.5 Å². The van der Waals surface area contributed by atoms with E-state index in [1.54, 1.807) is 38.3 Å². The molecule has 0 radical (unpaired) electrons. The zero-order valence-corrected chi connectivity index (χ0v) is 19.6. The summed E-state index contributed by atoms with van der Waals surface area (Å²) in [5.41, 5.74) is 7.67. The molecule has 0 bridgehead atoms. The van der Waals surface area contributed by atoms with E-state index in [0.717, 1.165) is 23.3 Å². The van der Waals surface area contributed by atoms with Gasteiger partial charge >= 0.3 is 0 Å². The first-order chi connectivity index (χ1) is 17.6. The van der Waals surface area contributed by atoms with E-state index in [-0.39, 0.29) is 35.6 Å². The zero-order valence-electron chi connectivity index (χ0n) is 19.6. The summed E-state index contributed by atoms with van der Waals surface area (Å²) in [4.78, 5) is 21.3. The number of furan rings is 1. The highest BCUT2D eigenvalue weighted by atomic mass is 19.2. The predicted octanol–water partition coefficient (Wildman–Crippen LogP) is 4.90. The second kappa shape index (κ2) is 7.92. The van der Waals surface area contributed by atoms with Crippen molar-refractivity contribution < 1.29 is 22.4 Å². The molecule has 0 aliphatic carbocycles. The van der Waals surface area contributed by atoms with Gasteiger partial charge in [0.25, 0.3) is 5.95 Å². The van der Waals surface area contributed by atoms with Crippen molar-refractivity contribution in [1.82, 2.24) is 19.7 Å². The highest BCUT2D eigenvalue weighted by Gasteiger charge is 2.42. The van der Waals surface area contributed by atoms with Gasteiger partial charge in [-0.3, -0.25) is 4.79 Å². The molecule has 3 aromatic heterocycles. The fraction of sp³-hybridized carbons (Fsp3) is 0.154. The molecular formula is C26H19F3N6O2. The molecule has 0 saturated carbocycles. The van der Waals surface area contributed by atoms with Gasteiger partial charge in [-0.2, -0.15) is 19.7 Å². The van der Waals surface area contributed by atoms with Crippen molar-refractivity contribution in [1.29, 1.82) is 0 Å². The normalized spacial score (nSPS) is 14.2.